The van der Waals surface area contributed by atoms with E-state index in [0.717, 1.165) is 11.3 Å². The Labute approximate surface area is 81.4 Å². The van der Waals surface area contributed by atoms with Crippen molar-refractivity contribution in [2.45, 2.75) is 12.7 Å². The molecule has 0 aromatic heterocycles. The second-order valence-corrected chi connectivity index (χ2v) is 4.47. The van der Waals surface area contributed by atoms with Gasteiger partial charge in [-0.2, -0.15) is 0 Å². The first-order chi connectivity index (χ1) is 6.26. The third kappa shape index (κ3) is 3.19. The minimum absolute atomic E-state index is 0.639. The number of methoxy groups -OCH3 is 1. The van der Waals surface area contributed by atoms with E-state index in [1.54, 1.807) is 7.11 Å². The fourth-order valence-corrected chi connectivity index (χ4v) is 1.78. The van der Waals surface area contributed by atoms with Crippen molar-refractivity contribution < 1.29 is 8.95 Å². The molecule has 72 valence electrons. The van der Waals surface area contributed by atoms with Crippen LogP contribution in [0.2, 0.25) is 0 Å². The summed E-state index contributed by atoms with van der Waals surface area (Å²) in [6, 6.07) is 7.68. The van der Waals surface area contributed by atoms with Crippen LogP contribution < -0.4 is 4.74 Å². The monoisotopic (exact) mass is 198 g/mol. The maximum atomic E-state index is 11.2. The van der Waals surface area contributed by atoms with E-state index in [4.69, 9.17) is 4.74 Å². The van der Waals surface area contributed by atoms with Gasteiger partial charge in [-0.25, -0.2) is 0 Å². The summed E-state index contributed by atoms with van der Waals surface area (Å²) in [5.74, 6) is 2.19. The van der Waals surface area contributed by atoms with E-state index in [0.29, 0.717) is 11.5 Å². The van der Waals surface area contributed by atoms with Crippen molar-refractivity contribution in [1.29, 1.82) is 0 Å². The van der Waals surface area contributed by atoms with Crippen molar-refractivity contribution in [1.82, 2.24) is 0 Å². The Morgan fingerprint density at radius 1 is 1.31 bits per heavy atom. The maximum Gasteiger partial charge on any atom is 0.118 e. The lowest BCUT2D eigenvalue weighted by molar-refractivity contribution is 0.414. The molecule has 0 heterocycles. The zero-order valence-electron chi connectivity index (χ0n) is 7.95. The molecule has 0 fully saturated rings. The molecule has 0 N–H and O–H groups in total. The highest BCUT2D eigenvalue weighted by atomic mass is 32.2. The van der Waals surface area contributed by atoms with Crippen LogP contribution in [-0.4, -0.2) is 17.1 Å². The lowest BCUT2D eigenvalue weighted by atomic mass is 10.2. The fourth-order valence-electron chi connectivity index (χ4n) is 1.01. The zero-order chi connectivity index (χ0) is 9.68. The van der Waals surface area contributed by atoms with Gasteiger partial charge in [0, 0.05) is 22.3 Å². The van der Waals surface area contributed by atoms with E-state index >= 15 is 0 Å². The van der Waals surface area contributed by atoms with Crippen molar-refractivity contribution in [3.05, 3.63) is 29.8 Å². The van der Waals surface area contributed by atoms with Crippen LogP contribution in [0.5, 0.6) is 5.75 Å². The van der Waals surface area contributed by atoms with Gasteiger partial charge in [0.1, 0.15) is 5.75 Å². The third-order valence-corrected chi connectivity index (χ3v) is 3.11. The van der Waals surface area contributed by atoms with E-state index in [1.807, 2.05) is 31.2 Å². The normalized spacial score (nSPS) is 12.5. The first-order valence-electron chi connectivity index (χ1n) is 4.24. The topological polar surface area (TPSA) is 26.3 Å². The molecular formula is C10H14O2S. The molecule has 0 spiro atoms. The molecule has 0 saturated heterocycles. The van der Waals surface area contributed by atoms with Gasteiger partial charge in [0.05, 0.1) is 7.11 Å². The summed E-state index contributed by atoms with van der Waals surface area (Å²) in [5.41, 5.74) is 1.10. The highest BCUT2D eigenvalue weighted by Gasteiger charge is 1.98. The molecule has 0 bridgehead atoms. The van der Waals surface area contributed by atoms with Gasteiger partial charge in [-0.1, -0.05) is 19.1 Å². The van der Waals surface area contributed by atoms with Crippen LogP contribution in [0.1, 0.15) is 12.5 Å². The van der Waals surface area contributed by atoms with Crippen LogP contribution in [0, 0.1) is 0 Å². The summed E-state index contributed by atoms with van der Waals surface area (Å²) in [6.45, 7) is 1.93. The predicted molar refractivity (Wildman–Crippen MR) is 55.4 cm³/mol. The maximum absolute atomic E-state index is 11.2. The number of ether oxygens (including phenoxy) is 1. The molecule has 1 rings (SSSR count). The summed E-state index contributed by atoms with van der Waals surface area (Å²) in [5, 5.41) is 0. The number of hydrogen-bond donors (Lipinski definition) is 0. The van der Waals surface area contributed by atoms with E-state index in [1.165, 1.54) is 0 Å². The van der Waals surface area contributed by atoms with Gasteiger partial charge in [0.2, 0.25) is 0 Å². The molecule has 1 aromatic rings. The van der Waals surface area contributed by atoms with Crippen molar-refractivity contribution in [3.63, 3.8) is 0 Å². The molecule has 0 aliphatic carbocycles. The smallest absolute Gasteiger partial charge is 0.118 e. The summed E-state index contributed by atoms with van der Waals surface area (Å²) >= 11 is 0. The van der Waals surface area contributed by atoms with Gasteiger partial charge in [-0.15, -0.1) is 0 Å². The molecule has 1 aromatic carbocycles. The Bertz CT molecular complexity index is 279. The van der Waals surface area contributed by atoms with Crippen LogP contribution in [0.3, 0.4) is 0 Å². The molecule has 1 unspecified atom stereocenters. The first-order valence-corrected chi connectivity index (χ1v) is 5.73. The van der Waals surface area contributed by atoms with Crippen LogP contribution in [-0.2, 0) is 16.6 Å². The van der Waals surface area contributed by atoms with Gasteiger partial charge in [-0.3, -0.25) is 4.21 Å². The average molecular weight is 198 g/mol. The quantitative estimate of drug-likeness (QED) is 0.739. The van der Waals surface area contributed by atoms with E-state index < -0.39 is 10.8 Å². The molecule has 2 nitrogen and oxygen atoms in total. The first kappa shape index (κ1) is 10.3. The van der Waals surface area contributed by atoms with E-state index in [9.17, 15) is 4.21 Å². The molecule has 0 saturated carbocycles. The highest BCUT2D eigenvalue weighted by Crippen LogP contribution is 2.12. The lowest BCUT2D eigenvalue weighted by Crippen LogP contribution is -1.97. The summed E-state index contributed by atoms with van der Waals surface area (Å²) in [6.07, 6.45) is 0. The molecule has 13 heavy (non-hydrogen) atoms. The van der Waals surface area contributed by atoms with Gasteiger partial charge in [0.15, 0.2) is 0 Å². The number of benzene rings is 1. The Hall–Kier alpha value is -0.830. The van der Waals surface area contributed by atoms with E-state index in [-0.39, 0.29) is 0 Å². The third-order valence-electron chi connectivity index (χ3n) is 1.81. The number of hydrogen-bond acceptors (Lipinski definition) is 2. The minimum atomic E-state index is -0.727. The van der Waals surface area contributed by atoms with Crippen molar-refractivity contribution >= 4 is 10.8 Å². The summed E-state index contributed by atoms with van der Waals surface area (Å²) < 4.78 is 16.2. The van der Waals surface area contributed by atoms with E-state index in [2.05, 4.69) is 0 Å². The minimum Gasteiger partial charge on any atom is -0.497 e. The molecule has 0 amide bonds. The predicted octanol–water partition coefficient (Wildman–Crippen LogP) is 1.96. The largest absolute Gasteiger partial charge is 0.497 e. The Morgan fingerprint density at radius 3 is 2.38 bits per heavy atom. The van der Waals surface area contributed by atoms with Crippen molar-refractivity contribution in [3.8, 4) is 5.75 Å². The average Bonchev–Trinajstić information content (AvgIpc) is 2.19. The number of rotatable bonds is 4. The van der Waals surface area contributed by atoms with Gasteiger partial charge < -0.3 is 4.74 Å². The molecule has 0 radical (unpaired) electrons. The van der Waals surface area contributed by atoms with Crippen LogP contribution >= 0.6 is 0 Å². The molecule has 3 heteroatoms. The Morgan fingerprint density at radius 2 is 1.92 bits per heavy atom. The van der Waals surface area contributed by atoms with Crippen LogP contribution in [0.25, 0.3) is 0 Å². The summed E-state index contributed by atoms with van der Waals surface area (Å²) in [4.78, 5) is 0. The fraction of sp³-hybridized carbons (Fsp3) is 0.400. The molecular weight excluding hydrogens is 184 g/mol. The second kappa shape index (κ2) is 5.02. The summed E-state index contributed by atoms with van der Waals surface area (Å²) in [7, 11) is 0.911. The van der Waals surface area contributed by atoms with Crippen LogP contribution in [0.15, 0.2) is 24.3 Å². The van der Waals surface area contributed by atoms with Crippen LogP contribution in [0.4, 0.5) is 0 Å². The Kier molecular flexibility index (Phi) is 3.96. The molecule has 0 aliphatic heterocycles. The highest BCUT2D eigenvalue weighted by molar-refractivity contribution is 7.84. The lowest BCUT2D eigenvalue weighted by Gasteiger charge is -2.02. The zero-order valence-corrected chi connectivity index (χ0v) is 8.76. The molecule has 1 atom stereocenters. The SMILES string of the molecule is CCS(=O)Cc1ccc(OC)cc1. The Balaban J connectivity index is 2.64. The standard InChI is InChI=1S/C10H14O2S/c1-3-13(11)8-9-4-6-10(12-2)7-5-9/h4-7H,3,8H2,1-2H3. The second-order valence-electron chi connectivity index (χ2n) is 2.72. The van der Waals surface area contributed by atoms with Gasteiger partial charge in [0.25, 0.3) is 0 Å². The van der Waals surface area contributed by atoms with Gasteiger partial charge in [-0.05, 0) is 17.7 Å². The van der Waals surface area contributed by atoms with Crippen molar-refractivity contribution in [2.75, 3.05) is 12.9 Å². The van der Waals surface area contributed by atoms with Crippen molar-refractivity contribution in [2.24, 2.45) is 0 Å². The molecule has 0 aliphatic rings. The van der Waals surface area contributed by atoms with Gasteiger partial charge >= 0.3 is 0 Å².